The molecule has 0 atom stereocenters. The van der Waals surface area contributed by atoms with E-state index in [-0.39, 0.29) is 11.1 Å². The van der Waals surface area contributed by atoms with E-state index in [1.807, 2.05) is 6.92 Å². The van der Waals surface area contributed by atoms with Crippen molar-refractivity contribution in [1.82, 2.24) is 20.2 Å². The van der Waals surface area contributed by atoms with Crippen molar-refractivity contribution in [2.24, 2.45) is 0 Å². The number of hydrogen-bond donors (Lipinski definition) is 3. The number of rotatable bonds is 4. The monoisotopic (exact) mass is 279 g/mol. The van der Waals surface area contributed by atoms with Crippen molar-refractivity contribution in [1.29, 1.82) is 0 Å². The fourth-order valence-electron chi connectivity index (χ4n) is 2.67. The zero-order valence-electron chi connectivity index (χ0n) is 12.6. The van der Waals surface area contributed by atoms with Crippen LogP contribution in [0.2, 0.25) is 0 Å². The van der Waals surface area contributed by atoms with Gasteiger partial charge < -0.3 is 16.0 Å². The van der Waals surface area contributed by atoms with E-state index in [1.165, 1.54) is 0 Å². The van der Waals surface area contributed by atoms with E-state index in [4.69, 9.17) is 5.73 Å². The summed E-state index contributed by atoms with van der Waals surface area (Å²) < 4.78 is 0. The number of nitrogens with zero attached hydrogens (tertiary/aromatic N) is 2. The molecule has 4 N–H and O–H groups in total. The zero-order chi connectivity index (χ0) is 14.8. The van der Waals surface area contributed by atoms with Crippen molar-refractivity contribution in [2.45, 2.75) is 39.2 Å². The molecule has 1 aromatic rings. The molecule has 0 saturated carbocycles. The van der Waals surface area contributed by atoms with Gasteiger partial charge in [0.2, 0.25) is 0 Å². The lowest BCUT2D eigenvalue weighted by molar-refractivity contribution is 0.0946. The number of nitrogen functional groups attached to an aromatic ring is 1. The molecule has 6 heteroatoms. The number of aromatic amines is 1. The third kappa shape index (κ3) is 2.86. The van der Waals surface area contributed by atoms with E-state index < -0.39 is 0 Å². The van der Waals surface area contributed by atoms with E-state index in [1.54, 1.807) is 0 Å². The summed E-state index contributed by atoms with van der Waals surface area (Å²) >= 11 is 0. The van der Waals surface area contributed by atoms with E-state index in [2.05, 4.69) is 34.0 Å². The molecule has 0 aliphatic carbocycles. The first-order valence-electron chi connectivity index (χ1n) is 7.31. The molecule has 20 heavy (non-hydrogen) atoms. The van der Waals surface area contributed by atoms with Gasteiger partial charge in [-0.05, 0) is 20.3 Å². The first kappa shape index (κ1) is 15.0. The van der Waals surface area contributed by atoms with Crippen LogP contribution in [0.15, 0.2) is 4.79 Å². The molecule has 1 aromatic heterocycles. The first-order chi connectivity index (χ1) is 9.46. The van der Waals surface area contributed by atoms with Gasteiger partial charge in [0.1, 0.15) is 11.6 Å². The number of nitrogens with two attached hydrogens (primary N) is 1. The Morgan fingerprint density at radius 1 is 1.35 bits per heavy atom. The minimum absolute atomic E-state index is 0.0995. The number of nitrogens with one attached hydrogen (secondary N) is 2. The molecule has 0 unspecified atom stereocenters. The van der Waals surface area contributed by atoms with Crippen molar-refractivity contribution in [3.8, 4) is 0 Å². The molecule has 0 aromatic carbocycles. The Labute approximate surface area is 119 Å². The van der Waals surface area contributed by atoms with Gasteiger partial charge >= 0.3 is 0 Å². The molecule has 6 nitrogen and oxygen atoms in total. The van der Waals surface area contributed by atoms with E-state index in [0.29, 0.717) is 23.6 Å². The Bertz CT molecular complexity index is 517. The molecular formula is C14H25N5O. The minimum atomic E-state index is -0.319. The number of aromatic nitrogens is 2. The summed E-state index contributed by atoms with van der Waals surface area (Å²) in [5.41, 5.74) is 6.16. The Balaban J connectivity index is 2.34. The summed E-state index contributed by atoms with van der Waals surface area (Å²) in [6, 6.07) is 0. The maximum Gasteiger partial charge on any atom is 0.256 e. The van der Waals surface area contributed by atoms with Crippen molar-refractivity contribution in [2.75, 3.05) is 31.9 Å². The fourth-order valence-corrected chi connectivity index (χ4v) is 2.67. The van der Waals surface area contributed by atoms with Gasteiger partial charge in [0.05, 0.1) is 11.1 Å². The molecule has 0 radical (unpaired) electrons. The fraction of sp³-hybridized carbons (Fsp3) is 0.714. The van der Waals surface area contributed by atoms with Crippen molar-refractivity contribution in [3.05, 3.63) is 21.7 Å². The van der Waals surface area contributed by atoms with Gasteiger partial charge in [-0.2, -0.15) is 0 Å². The Morgan fingerprint density at radius 2 is 2.00 bits per heavy atom. The largest absolute Gasteiger partial charge is 0.383 e. The quantitative estimate of drug-likeness (QED) is 0.744. The molecule has 1 fully saturated rings. The highest BCUT2D eigenvalue weighted by atomic mass is 16.1. The average Bonchev–Trinajstić information content (AvgIpc) is 2.43. The summed E-state index contributed by atoms with van der Waals surface area (Å²) in [6.45, 7) is 9.97. The normalized spacial score (nSPS) is 17.4. The van der Waals surface area contributed by atoms with Gasteiger partial charge in [0, 0.05) is 26.2 Å². The SMILES string of the molecule is CCCc1c(N)nc(C(C)(C)N2CCNCC2)[nH]c1=O. The van der Waals surface area contributed by atoms with Gasteiger partial charge in [-0.25, -0.2) is 4.98 Å². The standard InChI is InChI=1S/C14H25N5O/c1-4-5-10-11(15)17-13(18-12(10)20)14(2,3)19-8-6-16-7-9-19/h16H,4-9H2,1-3H3,(H3,15,17,18,20). The lowest BCUT2D eigenvalue weighted by Crippen LogP contribution is -2.52. The molecule has 0 spiro atoms. The third-order valence-electron chi connectivity index (χ3n) is 4.03. The van der Waals surface area contributed by atoms with Crippen LogP contribution in [0.25, 0.3) is 0 Å². The van der Waals surface area contributed by atoms with Crippen molar-refractivity contribution < 1.29 is 0 Å². The average molecular weight is 279 g/mol. The molecule has 0 bridgehead atoms. The summed E-state index contributed by atoms with van der Waals surface area (Å²) in [5.74, 6) is 1.02. The van der Waals surface area contributed by atoms with Crippen LogP contribution in [0.5, 0.6) is 0 Å². The molecular weight excluding hydrogens is 254 g/mol. The van der Waals surface area contributed by atoms with E-state index in [0.717, 1.165) is 32.6 Å². The topological polar surface area (TPSA) is 87.0 Å². The van der Waals surface area contributed by atoms with Gasteiger partial charge in [0.25, 0.3) is 5.56 Å². The summed E-state index contributed by atoms with van der Waals surface area (Å²) in [7, 11) is 0. The third-order valence-corrected chi connectivity index (χ3v) is 4.03. The van der Waals surface area contributed by atoms with Crippen LogP contribution in [-0.2, 0) is 12.0 Å². The van der Waals surface area contributed by atoms with Crippen LogP contribution in [-0.4, -0.2) is 41.0 Å². The molecule has 112 valence electrons. The lowest BCUT2D eigenvalue weighted by Gasteiger charge is -2.40. The summed E-state index contributed by atoms with van der Waals surface area (Å²) in [4.78, 5) is 21.9. The van der Waals surface area contributed by atoms with Crippen LogP contribution in [0.4, 0.5) is 5.82 Å². The van der Waals surface area contributed by atoms with Crippen LogP contribution in [0.3, 0.4) is 0 Å². The predicted molar refractivity (Wildman–Crippen MR) is 80.7 cm³/mol. The van der Waals surface area contributed by atoms with Crippen LogP contribution in [0, 0.1) is 0 Å². The second-order valence-electron chi connectivity index (χ2n) is 5.82. The van der Waals surface area contributed by atoms with Crippen molar-refractivity contribution in [3.63, 3.8) is 0 Å². The predicted octanol–water partition coefficient (Wildman–Crippen LogP) is 0.445. The van der Waals surface area contributed by atoms with Gasteiger partial charge in [-0.15, -0.1) is 0 Å². The van der Waals surface area contributed by atoms with Crippen LogP contribution >= 0.6 is 0 Å². The second-order valence-corrected chi connectivity index (χ2v) is 5.82. The van der Waals surface area contributed by atoms with E-state index in [9.17, 15) is 4.79 Å². The number of piperazine rings is 1. The molecule has 1 aliphatic heterocycles. The highest BCUT2D eigenvalue weighted by Crippen LogP contribution is 2.25. The van der Waals surface area contributed by atoms with Gasteiger partial charge in [-0.3, -0.25) is 9.69 Å². The lowest BCUT2D eigenvalue weighted by atomic mass is 10.00. The second kappa shape index (κ2) is 5.93. The molecule has 2 heterocycles. The van der Waals surface area contributed by atoms with Crippen LogP contribution < -0.4 is 16.6 Å². The number of hydrogen-bond acceptors (Lipinski definition) is 5. The number of anilines is 1. The molecule has 1 saturated heterocycles. The van der Waals surface area contributed by atoms with Crippen molar-refractivity contribution >= 4 is 5.82 Å². The Hall–Kier alpha value is -1.40. The zero-order valence-corrected chi connectivity index (χ0v) is 12.6. The molecule has 1 aliphatic rings. The van der Waals surface area contributed by atoms with E-state index >= 15 is 0 Å². The van der Waals surface area contributed by atoms with Gasteiger partial charge in [-0.1, -0.05) is 13.3 Å². The maximum absolute atomic E-state index is 12.2. The Kier molecular flexibility index (Phi) is 4.45. The minimum Gasteiger partial charge on any atom is -0.383 e. The first-order valence-corrected chi connectivity index (χ1v) is 7.31. The Morgan fingerprint density at radius 3 is 2.55 bits per heavy atom. The molecule has 2 rings (SSSR count). The van der Waals surface area contributed by atoms with Gasteiger partial charge in [0.15, 0.2) is 0 Å². The maximum atomic E-state index is 12.2. The summed E-state index contributed by atoms with van der Waals surface area (Å²) in [5, 5.41) is 3.33. The number of H-pyrrole nitrogens is 1. The highest BCUT2D eigenvalue weighted by molar-refractivity contribution is 5.38. The smallest absolute Gasteiger partial charge is 0.256 e. The van der Waals surface area contributed by atoms with Crippen LogP contribution in [0.1, 0.15) is 38.6 Å². The summed E-state index contributed by atoms with van der Waals surface area (Å²) in [6.07, 6.45) is 1.55. The molecule has 0 amide bonds. The highest BCUT2D eigenvalue weighted by Gasteiger charge is 2.32.